The quantitative estimate of drug-likeness (QED) is 0.0333. The first-order valence-electron chi connectivity index (χ1n) is 32.8. The molecule has 0 aromatic heterocycles. The summed E-state index contributed by atoms with van der Waals surface area (Å²) >= 11 is 0. The van der Waals surface area contributed by atoms with Gasteiger partial charge in [-0.15, -0.1) is 0 Å². The fraction of sp³-hybridized carbons (Fsp3) is 0.985. The molecule has 10 unspecified atom stereocenters. The number of carbonyl (C=O) groups excluding carboxylic acids is 1. The van der Waals surface area contributed by atoms with Crippen LogP contribution < -0.4 is 0 Å². The molecule has 0 aromatic rings. The predicted octanol–water partition coefficient (Wildman–Crippen LogP) is 18.9. The monoisotopic (exact) mass is 1100 g/mol. The van der Waals surface area contributed by atoms with Crippen molar-refractivity contribution in [3.05, 3.63) is 0 Å². The summed E-state index contributed by atoms with van der Waals surface area (Å²) in [5, 5.41) is 0. The molecule has 11 heteroatoms. The lowest BCUT2D eigenvalue weighted by atomic mass is 9.69. The molecule has 2 saturated heterocycles. The van der Waals surface area contributed by atoms with Gasteiger partial charge >= 0.3 is 13.6 Å². The first-order chi connectivity index (χ1) is 36.5. The van der Waals surface area contributed by atoms with Gasteiger partial charge in [-0.2, -0.15) is 0 Å². The van der Waals surface area contributed by atoms with Gasteiger partial charge in [0.2, 0.25) is 0 Å². The van der Waals surface area contributed by atoms with E-state index in [1.54, 1.807) is 6.66 Å². The van der Waals surface area contributed by atoms with Crippen molar-refractivity contribution < 1.29 is 46.8 Å². The van der Waals surface area contributed by atoms with Crippen LogP contribution in [0.5, 0.6) is 0 Å². The van der Waals surface area contributed by atoms with Crippen molar-refractivity contribution in [1.29, 1.82) is 0 Å². The van der Waals surface area contributed by atoms with Gasteiger partial charge in [-0.3, -0.25) is 13.9 Å². The number of ether oxygens (including phenoxy) is 6. The molecule has 3 fully saturated rings. The minimum absolute atomic E-state index is 0.0314. The Kier molecular flexibility index (Phi) is 36.5. The van der Waals surface area contributed by atoms with E-state index in [-0.39, 0.29) is 61.0 Å². The van der Waals surface area contributed by atoms with E-state index in [0.29, 0.717) is 36.7 Å². The van der Waals surface area contributed by atoms with Crippen molar-refractivity contribution in [2.45, 2.75) is 332 Å². The second-order valence-corrected chi connectivity index (χ2v) is 27.2. The molecule has 10 nitrogen and oxygen atoms in total. The second-order valence-electron chi connectivity index (χ2n) is 25.2. The van der Waals surface area contributed by atoms with Gasteiger partial charge in [0.1, 0.15) is 18.8 Å². The van der Waals surface area contributed by atoms with Gasteiger partial charge in [-0.1, -0.05) is 251 Å². The number of hydrogen-bond acceptors (Lipinski definition) is 10. The van der Waals surface area contributed by atoms with Gasteiger partial charge in [0.05, 0.1) is 31.0 Å². The highest BCUT2D eigenvalue weighted by Gasteiger charge is 2.54. The lowest BCUT2D eigenvalue weighted by molar-refractivity contribution is -0.320. The summed E-state index contributed by atoms with van der Waals surface area (Å²) in [4.78, 5) is 13.2. The van der Waals surface area contributed by atoms with Crippen molar-refractivity contribution in [2.75, 3.05) is 26.5 Å². The topological polar surface area (TPSA) is 108 Å². The average Bonchev–Trinajstić information content (AvgIpc) is 3.40. The second kappa shape index (κ2) is 39.8. The van der Waals surface area contributed by atoms with E-state index in [9.17, 15) is 9.36 Å². The maximum Gasteiger partial charge on any atom is 0.328 e. The maximum atomic E-state index is 15.0. The van der Waals surface area contributed by atoms with Crippen LogP contribution in [0, 0.1) is 53.3 Å². The average molecular weight is 1100 g/mol. The van der Waals surface area contributed by atoms with E-state index in [4.69, 9.17) is 37.5 Å². The third-order valence-corrected chi connectivity index (χ3v) is 20.5. The first-order valence-corrected chi connectivity index (χ1v) is 34.8. The molecule has 3 rings (SSSR count). The summed E-state index contributed by atoms with van der Waals surface area (Å²) in [5.41, 5.74) is 0. The van der Waals surface area contributed by atoms with E-state index in [2.05, 4.69) is 90.0 Å². The molecule has 1 saturated carbocycles. The molecule has 0 aromatic carbocycles. The van der Waals surface area contributed by atoms with Crippen LogP contribution in [0.4, 0.5) is 0 Å². The number of hydrogen-bond donors (Lipinski definition) is 0. The van der Waals surface area contributed by atoms with E-state index in [1.807, 2.05) is 0 Å². The predicted molar refractivity (Wildman–Crippen MR) is 316 cm³/mol. The smallest absolute Gasteiger partial charge is 0.328 e. The third kappa shape index (κ3) is 25.3. The van der Waals surface area contributed by atoms with E-state index >= 15 is 0 Å². The molecule has 0 amide bonds. The third-order valence-electron chi connectivity index (χ3n) is 19.3. The van der Waals surface area contributed by atoms with Gasteiger partial charge in [-0.25, -0.2) is 0 Å². The summed E-state index contributed by atoms with van der Waals surface area (Å²) < 4.78 is 68.5. The van der Waals surface area contributed by atoms with Crippen LogP contribution in [0.1, 0.15) is 283 Å². The van der Waals surface area contributed by atoms with Crippen molar-refractivity contribution in [1.82, 2.24) is 0 Å². The van der Waals surface area contributed by atoms with E-state index < -0.39 is 44.6 Å². The highest BCUT2D eigenvalue weighted by molar-refractivity contribution is 7.53. The summed E-state index contributed by atoms with van der Waals surface area (Å²) in [5.74, 6) is 1.92. The molecular weight excluding hydrogens is 972 g/mol. The molecular formula is C65H125O10P. The van der Waals surface area contributed by atoms with Gasteiger partial charge in [0.25, 0.3) is 0 Å². The Balaban J connectivity index is 1.69. The molecule has 0 spiro atoms. The Hall–Kier alpha value is -0.580. The lowest BCUT2D eigenvalue weighted by Crippen LogP contribution is -2.60. The molecule has 3 aliphatic rings. The maximum absolute atomic E-state index is 15.0. The zero-order chi connectivity index (χ0) is 55.9. The van der Waals surface area contributed by atoms with Crippen molar-refractivity contribution in [2.24, 2.45) is 53.3 Å². The fourth-order valence-corrected chi connectivity index (χ4v) is 13.8. The largest absolute Gasteiger partial charge is 0.463 e. The van der Waals surface area contributed by atoms with Crippen LogP contribution >= 0.6 is 7.60 Å². The SMILES string of the molecule is CCCCCCCCCCCCCCCCO[C@H](COC(=O)CCCCCCCCCCCCCCC)COP(C)(=O)OC1C(O[C@@H]2OC(CC)[C@H](C)[C@H](C)C2C)C(C)C(C)[C@H](C)C1O[C@H]1OC(CC)[C@@H](C)C(C)[C@H]1C. The Morgan fingerprint density at radius 1 is 0.434 bits per heavy atom. The Morgan fingerprint density at radius 3 is 1.17 bits per heavy atom. The number of rotatable bonds is 43. The first kappa shape index (κ1) is 69.7. The van der Waals surface area contributed by atoms with E-state index in [1.165, 1.54) is 141 Å². The fourth-order valence-electron chi connectivity index (χ4n) is 12.6. The summed E-state index contributed by atoms with van der Waals surface area (Å²) in [6.45, 7) is 31.4. The standard InChI is InChI=1S/C65H125O10P/c1-15-19-21-23-25-27-29-31-33-35-37-39-41-43-45-68-57(46-69-60(66)44-42-40-38-36-34-32-30-28-26-24-22-20-16-2)47-70-76(14,67)75-63-61(73-64-55(12)48(5)51(8)58(17-3)71-64)53(10)50(7)54(11)62(63)74-65-56(13)49(6)52(9)59(18-4)72-65/h48-59,61-65H,15-47H2,1-14H3/t48-,49?,50?,51+,52-,53?,54-,55?,56+,57+,58?,59?,61?,62?,63?,64-,65+,76?/m0/s1. The van der Waals surface area contributed by atoms with Crippen molar-refractivity contribution in [3.63, 3.8) is 0 Å². The Morgan fingerprint density at radius 2 is 0.789 bits per heavy atom. The minimum Gasteiger partial charge on any atom is -0.463 e. The molecule has 0 radical (unpaired) electrons. The summed E-state index contributed by atoms with van der Waals surface area (Å²) in [6.07, 6.45) is 33.4. The van der Waals surface area contributed by atoms with Crippen molar-refractivity contribution in [3.8, 4) is 0 Å². The van der Waals surface area contributed by atoms with Crippen LogP contribution in [0.25, 0.3) is 0 Å². The molecule has 0 bridgehead atoms. The van der Waals surface area contributed by atoms with Gasteiger partial charge in [-0.05, 0) is 67.1 Å². The highest BCUT2D eigenvalue weighted by Crippen LogP contribution is 2.52. The molecule has 1 aliphatic carbocycles. The zero-order valence-corrected chi connectivity index (χ0v) is 53.1. The highest BCUT2D eigenvalue weighted by atomic mass is 31.2. The normalized spacial score (nSPS) is 32.3. The van der Waals surface area contributed by atoms with Gasteiger partial charge < -0.3 is 32.9 Å². The molecule has 0 N–H and O–H groups in total. The number of unbranched alkanes of at least 4 members (excludes halogenated alkanes) is 25. The molecule has 2 heterocycles. The number of carbonyl (C=O) groups is 1. The van der Waals surface area contributed by atoms with Crippen LogP contribution in [0.15, 0.2) is 0 Å². The van der Waals surface area contributed by atoms with Gasteiger partial charge in [0, 0.05) is 31.5 Å². The van der Waals surface area contributed by atoms with Gasteiger partial charge in [0.15, 0.2) is 12.6 Å². The lowest BCUT2D eigenvalue weighted by Gasteiger charge is -2.53. The minimum atomic E-state index is -3.81. The molecule has 18 atom stereocenters. The van der Waals surface area contributed by atoms with Crippen molar-refractivity contribution >= 4 is 13.6 Å². The van der Waals surface area contributed by atoms with E-state index in [0.717, 1.165) is 44.9 Å². The van der Waals surface area contributed by atoms with Crippen LogP contribution in [-0.4, -0.2) is 81.7 Å². The van der Waals surface area contributed by atoms with Crippen LogP contribution in [0.2, 0.25) is 0 Å². The molecule has 450 valence electrons. The van der Waals surface area contributed by atoms with Crippen LogP contribution in [0.3, 0.4) is 0 Å². The molecule has 2 aliphatic heterocycles. The summed E-state index contributed by atoms with van der Waals surface area (Å²) in [6, 6.07) is 0. The Bertz CT molecular complexity index is 1440. The zero-order valence-electron chi connectivity index (χ0n) is 52.2. The summed E-state index contributed by atoms with van der Waals surface area (Å²) in [7, 11) is -3.81. The number of esters is 1. The molecule has 76 heavy (non-hydrogen) atoms. The Labute approximate surface area is 470 Å². The van der Waals surface area contributed by atoms with Crippen LogP contribution in [-0.2, 0) is 46.8 Å².